The van der Waals surface area contributed by atoms with Crippen LogP contribution in [0.1, 0.15) is 60.1 Å². The molecular weight excluding hydrogens is 570 g/mol. The van der Waals surface area contributed by atoms with Crippen LogP contribution in [0.4, 0.5) is 20.2 Å². The highest BCUT2D eigenvalue weighted by atomic mass is 32.2. The molecule has 1 saturated heterocycles. The van der Waals surface area contributed by atoms with Crippen molar-refractivity contribution in [1.82, 2.24) is 9.80 Å². The van der Waals surface area contributed by atoms with Crippen molar-refractivity contribution in [2.24, 2.45) is 10.9 Å². The third-order valence-electron chi connectivity index (χ3n) is 8.25. The maximum absolute atomic E-state index is 13.7. The van der Waals surface area contributed by atoms with Crippen molar-refractivity contribution in [2.45, 2.75) is 43.5 Å². The van der Waals surface area contributed by atoms with Crippen LogP contribution in [0.2, 0.25) is 0 Å². The second-order valence-corrected chi connectivity index (χ2v) is 12.8. The zero-order chi connectivity index (χ0) is 30.6. The molecule has 2 aliphatic rings. The lowest BCUT2D eigenvalue weighted by Crippen LogP contribution is -2.49. The summed E-state index contributed by atoms with van der Waals surface area (Å²) >= 11 is 0. The molecule has 1 aliphatic heterocycles. The van der Waals surface area contributed by atoms with E-state index in [9.17, 15) is 22.0 Å². The maximum atomic E-state index is 13.7. The van der Waals surface area contributed by atoms with E-state index in [2.05, 4.69) is 21.2 Å². The van der Waals surface area contributed by atoms with Crippen LogP contribution in [0.3, 0.4) is 0 Å². The third-order valence-corrected chi connectivity index (χ3v) is 9.67. The molecule has 43 heavy (non-hydrogen) atoms. The van der Waals surface area contributed by atoms with Gasteiger partial charge in [0.25, 0.3) is 15.9 Å². The summed E-state index contributed by atoms with van der Waals surface area (Å²) in [7, 11) is -3.98. The van der Waals surface area contributed by atoms with E-state index in [0.29, 0.717) is 60.2 Å². The first kappa shape index (κ1) is 30.6. The molecule has 1 aliphatic carbocycles. The van der Waals surface area contributed by atoms with Gasteiger partial charge in [-0.25, -0.2) is 17.2 Å². The molecule has 0 spiro atoms. The summed E-state index contributed by atoms with van der Waals surface area (Å²) < 4.78 is 56.9. The predicted molar refractivity (Wildman–Crippen MR) is 166 cm³/mol. The summed E-state index contributed by atoms with van der Waals surface area (Å²) in [6.45, 7) is 7.74. The SMILES string of the molecule is C=Cc1cccc(S(=O)(=O)Nc2ccc(C(=O)N3CCN(C(C)c4cc(F)cc(F)c4)CC3)cc2)c1N=CC1CCCC1. The number of halogens is 2. The van der Waals surface area contributed by atoms with Crippen molar-refractivity contribution < 1.29 is 22.0 Å². The molecule has 2 fully saturated rings. The number of hydrogen-bond acceptors (Lipinski definition) is 5. The van der Waals surface area contributed by atoms with Crippen LogP contribution < -0.4 is 4.72 Å². The Labute approximate surface area is 252 Å². The third kappa shape index (κ3) is 7.19. The van der Waals surface area contributed by atoms with E-state index < -0.39 is 21.7 Å². The van der Waals surface area contributed by atoms with Crippen molar-refractivity contribution in [3.63, 3.8) is 0 Å². The van der Waals surface area contributed by atoms with Gasteiger partial charge in [0.05, 0.1) is 5.69 Å². The van der Waals surface area contributed by atoms with Gasteiger partial charge in [-0.3, -0.25) is 19.4 Å². The summed E-state index contributed by atoms with van der Waals surface area (Å²) in [5, 5.41) is 0. The number of benzene rings is 3. The minimum Gasteiger partial charge on any atom is -0.336 e. The lowest BCUT2D eigenvalue weighted by molar-refractivity contribution is 0.0582. The first-order valence-electron chi connectivity index (χ1n) is 14.6. The van der Waals surface area contributed by atoms with Crippen LogP contribution in [-0.2, 0) is 10.0 Å². The van der Waals surface area contributed by atoms with Gasteiger partial charge in [0.15, 0.2) is 0 Å². The Kier molecular flexibility index (Phi) is 9.37. The highest BCUT2D eigenvalue weighted by molar-refractivity contribution is 7.92. The maximum Gasteiger partial charge on any atom is 0.264 e. The molecule has 1 saturated carbocycles. The van der Waals surface area contributed by atoms with Crippen LogP contribution in [0.15, 0.2) is 77.1 Å². The highest BCUT2D eigenvalue weighted by Crippen LogP contribution is 2.32. The fourth-order valence-corrected chi connectivity index (χ4v) is 7.00. The number of carbonyl (C=O) groups is 1. The largest absolute Gasteiger partial charge is 0.336 e. The van der Waals surface area contributed by atoms with Crippen molar-refractivity contribution in [1.29, 1.82) is 0 Å². The number of amides is 1. The molecule has 0 radical (unpaired) electrons. The Balaban J connectivity index is 1.23. The molecule has 1 atom stereocenters. The van der Waals surface area contributed by atoms with Gasteiger partial charge in [-0.15, -0.1) is 0 Å². The topological polar surface area (TPSA) is 82.1 Å². The number of rotatable bonds is 9. The Hall–Kier alpha value is -3.89. The van der Waals surface area contributed by atoms with Gasteiger partial charge in [-0.1, -0.05) is 37.6 Å². The molecule has 5 rings (SSSR count). The number of hydrogen-bond donors (Lipinski definition) is 1. The summed E-state index contributed by atoms with van der Waals surface area (Å²) in [4.78, 5) is 21.7. The average Bonchev–Trinajstić information content (AvgIpc) is 3.53. The second kappa shape index (κ2) is 13.2. The number of anilines is 1. The number of nitrogens with zero attached hydrogens (tertiary/aromatic N) is 3. The van der Waals surface area contributed by atoms with Gasteiger partial charge in [0.2, 0.25) is 0 Å². The summed E-state index contributed by atoms with van der Waals surface area (Å²) in [5.74, 6) is -1.04. The zero-order valence-electron chi connectivity index (χ0n) is 24.2. The molecule has 226 valence electrons. The number of aliphatic imine (C=N–C) groups is 1. The normalized spacial score (nSPS) is 17.3. The van der Waals surface area contributed by atoms with Crippen LogP contribution in [0.5, 0.6) is 0 Å². The first-order chi connectivity index (χ1) is 20.6. The molecule has 1 amide bonds. The lowest BCUT2D eigenvalue weighted by Gasteiger charge is -2.38. The van der Waals surface area contributed by atoms with Gasteiger partial charge in [0, 0.05) is 61.3 Å². The van der Waals surface area contributed by atoms with E-state index in [1.807, 2.05) is 13.1 Å². The van der Waals surface area contributed by atoms with E-state index >= 15 is 0 Å². The number of para-hydroxylation sites is 1. The first-order valence-corrected chi connectivity index (χ1v) is 16.0. The summed E-state index contributed by atoms with van der Waals surface area (Å²) in [6.07, 6.45) is 7.86. The van der Waals surface area contributed by atoms with E-state index in [4.69, 9.17) is 0 Å². The number of nitrogens with one attached hydrogen (secondary N) is 1. The fourth-order valence-electron chi connectivity index (χ4n) is 5.76. The molecule has 1 N–H and O–H groups in total. The highest BCUT2D eigenvalue weighted by Gasteiger charge is 2.26. The van der Waals surface area contributed by atoms with Gasteiger partial charge in [-0.05, 0) is 73.7 Å². The van der Waals surface area contributed by atoms with Crippen molar-refractivity contribution in [3.05, 3.63) is 95.6 Å². The van der Waals surface area contributed by atoms with Gasteiger partial charge in [-0.2, -0.15) is 0 Å². The van der Waals surface area contributed by atoms with E-state index in [-0.39, 0.29) is 16.8 Å². The van der Waals surface area contributed by atoms with E-state index in [0.717, 1.165) is 31.7 Å². The Morgan fingerprint density at radius 3 is 2.28 bits per heavy atom. The van der Waals surface area contributed by atoms with Crippen LogP contribution in [-0.4, -0.2) is 56.5 Å². The van der Waals surface area contributed by atoms with Crippen LogP contribution in [0.25, 0.3) is 6.08 Å². The molecule has 0 aromatic heterocycles. The van der Waals surface area contributed by atoms with Gasteiger partial charge in [0.1, 0.15) is 16.5 Å². The Bertz CT molecular complexity index is 1590. The monoisotopic (exact) mass is 606 g/mol. The molecule has 3 aromatic rings. The smallest absolute Gasteiger partial charge is 0.264 e. The van der Waals surface area contributed by atoms with Gasteiger partial charge >= 0.3 is 0 Å². The summed E-state index contributed by atoms with van der Waals surface area (Å²) in [6, 6.07) is 14.6. The van der Waals surface area contributed by atoms with Crippen molar-refractivity contribution in [2.75, 3.05) is 30.9 Å². The van der Waals surface area contributed by atoms with Crippen LogP contribution >= 0.6 is 0 Å². The Morgan fingerprint density at radius 1 is 1.00 bits per heavy atom. The quantitative estimate of drug-likeness (QED) is 0.271. The zero-order valence-corrected chi connectivity index (χ0v) is 25.0. The molecule has 10 heteroatoms. The predicted octanol–water partition coefficient (Wildman–Crippen LogP) is 6.82. The second-order valence-electron chi connectivity index (χ2n) is 11.1. The minimum absolute atomic E-state index is 0.0624. The van der Waals surface area contributed by atoms with Crippen LogP contribution in [0, 0.1) is 17.6 Å². The number of carbonyl (C=O) groups excluding carboxylic acids is 1. The standard InChI is InChI=1S/C33H36F2N4O3S/c1-3-25-9-6-10-31(32(25)36-22-24-7-4-5-8-24)43(41,42)37-30-13-11-26(12-14-30)33(40)39-17-15-38(16-18-39)23(2)27-19-28(34)21-29(35)20-27/h3,6,9-14,19-24,37H,1,4-5,7-8,15-18H2,2H3. The lowest BCUT2D eigenvalue weighted by atomic mass is 10.1. The molecule has 1 unspecified atom stereocenters. The summed E-state index contributed by atoms with van der Waals surface area (Å²) in [5.41, 5.74) is 2.31. The number of sulfonamides is 1. The van der Waals surface area contributed by atoms with Gasteiger partial charge < -0.3 is 4.90 Å². The fraction of sp³-hybridized carbons (Fsp3) is 0.333. The molecule has 1 heterocycles. The average molecular weight is 607 g/mol. The molecule has 0 bridgehead atoms. The van der Waals surface area contributed by atoms with Crippen molar-refractivity contribution >= 4 is 39.6 Å². The van der Waals surface area contributed by atoms with E-state index in [1.54, 1.807) is 47.4 Å². The number of piperazine rings is 1. The molecule has 3 aromatic carbocycles. The van der Waals surface area contributed by atoms with E-state index in [1.165, 1.54) is 18.2 Å². The minimum atomic E-state index is -3.98. The molecular formula is C33H36F2N4O3S. The Morgan fingerprint density at radius 2 is 1.65 bits per heavy atom. The molecule has 7 nitrogen and oxygen atoms in total. The van der Waals surface area contributed by atoms with Crippen molar-refractivity contribution in [3.8, 4) is 0 Å².